The first kappa shape index (κ1) is 16.4. The molecule has 0 aromatic heterocycles. The predicted octanol–water partition coefficient (Wildman–Crippen LogP) is 2.56. The van der Waals surface area contributed by atoms with E-state index in [2.05, 4.69) is 17.1 Å². The number of likely N-dealkylation sites (tertiary alicyclic amines) is 1. The number of aryl methyl sites for hydroxylation is 1. The largest absolute Gasteiger partial charge is 0.352 e. The lowest BCUT2D eigenvalue weighted by atomic mass is 9.97. The van der Waals surface area contributed by atoms with E-state index in [9.17, 15) is 14.9 Å². The van der Waals surface area contributed by atoms with Gasteiger partial charge in [0.1, 0.15) is 0 Å². The third kappa shape index (κ3) is 3.82. The number of carbonyl (C=O) groups excluding carboxylic acids is 1. The van der Waals surface area contributed by atoms with Crippen molar-refractivity contribution in [3.63, 3.8) is 0 Å². The standard InChI is InChI=1S/C16H23N3O3/c1-11-6-7-15(19(21)22)9-16(11)12(2)18-8-4-5-14(10-18)17-13(3)20/h6-7,9,12,14H,4-5,8,10H2,1-3H3,(H,17,20)/t12-,14-/m0/s1. The lowest BCUT2D eigenvalue weighted by molar-refractivity contribution is -0.385. The Labute approximate surface area is 130 Å². The van der Waals surface area contributed by atoms with E-state index in [0.717, 1.165) is 37.1 Å². The van der Waals surface area contributed by atoms with Crippen LogP contribution in [-0.2, 0) is 4.79 Å². The zero-order valence-corrected chi connectivity index (χ0v) is 13.3. The molecule has 1 heterocycles. The summed E-state index contributed by atoms with van der Waals surface area (Å²) in [4.78, 5) is 24.1. The summed E-state index contributed by atoms with van der Waals surface area (Å²) < 4.78 is 0. The van der Waals surface area contributed by atoms with E-state index in [1.807, 2.05) is 6.92 Å². The van der Waals surface area contributed by atoms with Crippen molar-refractivity contribution in [3.8, 4) is 0 Å². The molecule has 1 aliphatic heterocycles. The molecular weight excluding hydrogens is 282 g/mol. The normalized spacial score (nSPS) is 20.4. The summed E-state index contributed by atoms with van der Waals surface area (Å²) >= 11 is 0. The number of hydrogen-bond donors (Lipinski definition) is 1. The first-order chi connectivity index (χ1) is 10.4. The number of nitro groups is 1. The van der Waals surface area contributed by atoms with Crippen molar-refractivity contribution < 1.29 is 9.72 Å². The van der Waals surface area contributed by atoms with Gasteiger partial charge in [-0.15, -0.1) is 0 Å². The SMILES string of the molecule is CC(=O)N[C@H]1CCCN([C@@H](C)c2cc([N+](=O)[O-])ccc2C)C1. The first-order valence-corrected chi connectivity index (χ1v) is 7.64. The van der Waals surface area contributed by atoms with Gasteiger partial charge in [-0.1, -0.05) is 6.07 Å². The van der Waals surface area contributed by atoms with Crippen LogP contribution in [0.3, 0.4) is 0 Å². The molecular formula is C16H23N3O3. The summed E-state index contributed by atoms with van der Waals surface area (Å²) in [5, 5.41) is 14.0. The predicted molar refractivity (Wildman–Crippen MR) is 84.7 cm³/mol. The van der Waals surface area contributed by atoms with Gasteiger partial charge in [0.25, 0.3) is 5.69 Å². The second-order valence-corrected chi connectivity index (χ2v) is 6.01. The molecule has 1 fully saturated rings. The Hall–Kier alpha value is -1.95. The summed E-state index contributed by atoms with van der Waals surface area (Å²) in [6, 6.07) is 5.27. The van der Waals surface area contributed by atoms with Gasteiger partial charge in [-0.25, -0.2) is 0 Å². The van der Waals surface area contributed by atoms with E-state index in [4.69, 9.17) is 0 Å². The van der Waals surface area contributed by atoms with E-state index in [0.29, 0.717) is 0 Å². The van der Waals surface area contributed by atoms with Crippen molar-refractivity contribution in [2.24, 2.45) is 0 Å². The molecule has 0 saturated carbocycles. The number of nitrogens with zero attached hydrogens (tertiary/aromatic N) is 2. The summed E-state index contributed by atoms with van der Waals surface area (Å²) in [5.74, 6) is -0.00830. The maximum Gasteiger partial charge on any atom is 0.269 e. The van der Waals surface area contributed by atoms with Crippen molar-refractivity contribution in [3.05, 3.63) is 39.4 Å². The number of benzene rings is 1. The Morgan fingerprint density at radius 2 is 2.23 bits per heavy atom. The minimum atomic E-state index is -0.355. The lowest BCUT2D eigenvalue weighted by Crippen LogP contribution is -2.47. The van der Waals surface area contributed by atoms with Crippen LogP contribution >= 0.6 is 0 Å². The molecule has 6 nitrogen and oxygen atoms in total. The fourth-order valence-electron chi connectivity index (χ4n) is 3.15. The molecule has 1 saturated heterocycles. The second kappa shape index (κ2) is 6.87. The Kier molecular flexibility index (Phi) is 5.13. The topological polar surface area (TPSA) is 75.5 Å². The zero-order valence-electron chi connectivity index (χ0n) is 13.3. The number of nitro benzene ring substituents is 1. The number of carbonyl (C=O) groups is 1. The average molecular weight is 305 g/mol. The van der Waals surface area contributed by atoms with E-state index >= 15 is 0 Å². The van der Waals surface area contributed by atoms with Crippen LogP contribution in [0.1, 0.15) is 43.9 Å². The van der Waals surface area contributed by atoms with Crippen molar-refractivity contribution in [2.75, 3.05) is 13.1 Å². The van der Waals surface area contributed by atoms with E-state index < -0.39 is 0 Å². The van der Waals surface area contributed by atoms with Gasteiger partial charge in [-0.2, -0.15) is 0 Å². The van der Waals surface area contributed by atoms with Crippen molar-refractivity contribution in [1.29, 1.82) is 0 Å². The van der Waals surface area contributed by atoms with Gasteiger partial charge in [-0.3, -0.25) is 19.8 Å². The fourth-order valence-corrected chi connectivity index (χ4v) is 3.15. The van der Waals surface area contributed by atoms with Crippen LogP contribution in [0.25, 0.3) is 0 Å². The number of amides is 1. The number of non-ortho nitro benzene ring substituents is 1. The van der Waals surface area contributed by atoms with Crippen LogP contribution in [0.4, 0.5) is 5.69 Å². The molecule has 1 aromatic rings. The molecule has 2 rings (SSSR count). The highest BCUT2D eigenvalue weighted by atomic mass is 16.6. The number of rotatable bonds is 4. The molecule has 1 N–H and O–H groups in total. The molecule has 0 bridgehead atoms. The lowest BCUT2D eigenvalue weighted by Gasteiger charge is -2.37. The summed E-state index contributed by atoms with van der Waals surface area (Å²) in [6.07, 6.45) is 2.00. The van der Waals surface area contributed by atoms with Crippen LogP contribution in [0.2, 0.25) is 0 Å². The Morgan fingerprint density at radius 1 is 1.50 bits per heavy atom. The van der Waals surface area contributed by atoms with Crippen LogP contribution < -0.4 is 5.32 Å². The Bertz CT molecular complexity index is 574. The van der Waals surface area contributed by atoms with Crippen molar-refractivity contribution in [2.45, 2.75) is 45.7 Å². The van der Waals surface area contributed by atoms with Gasteiger partial charge in [0.15, 0.2) is 0 Å². The maximum atomic E-state index is 11.2. The van der Waals surface area contributed by atoms with E-state index in [1.165, 1.54) is 6.92 Å². The highest BCUT2D eigenvalue weighted by molar-refractivity contribution is 5.73. The summed E-state index contributed by atoms with van der Waals surface area (Å²) in [5.41, 5.74) is 2.17. The molecule has 1 aromatic carbocycles. The monoisotopic (exact) mass is 305 g/mol. The maximum absolute atomic E-state index is 11.2. The molecule has 6 heteroatoms. The van der Waals surface area contributed by atoms with Gasteiger partial charge in [0.05, 0.1) is 4.92 Å². The molecule has 0 aliphatic carbocycles. The molecule has 1 amide bonds. The Balaban J connectivity index is 2.16. The van der Waals surface area contributed by atoms with Gasteiger partial charge >= 0.3 is 0 Å². The second-order valence-electron chi connectivity index (χ2n) is 6.01. The molecule has 1 aliphatic rings. The third-order valence-electron chi connectivity index (χ3n) is 4.33. The van der Waals surface area contributed by atoms with Crippen LogP contribution in [-0.4, -0.2) is 34.9 Å². The Morgan fingerprint density at radius 3 is 2.86 bits per heavy atom. The van der Waals surface area contributed by atoms with Crippen LogP contribution in [0, 0.1) is 17.0 Å². The van der Waals surface area contributed by atoms with Crippen LogP contribution in [0.5, 0.6) is 0 Å². The van der Waals surface area contributed by atoms with Gasteiger partial charge in [-0.05, 0) is 44.4 Å². The highest BCUT2D eigenvalue weighted by Crippen LogP contribution is 2.29. The molecule has 2 atom stereocenters. The van der Waals surface area contributed by atoms with Crippen molar-refractivity contribution >= 4 is 11.6 Å². The minimum Gasteiger partial charge on any atom is -0.352 e. The zero-order chi connectivity index (χ0) is 16.3. The average Bonchev–Trinajstić information content (AvgIpc) is 2.46. The van der Waals surface area contributed by atoms with Crippen LogP contribution in [0.15, 0.2) is 18.2 Å². The molecule has 0 spiro atoms. The molecule has 0 unspecified atom stereocenters. The van der Waals surface area contributed by atoms with Gasteiger partial charge < -0.3 is 5.32 Å². The van der Waals surface area contributed by atoms with E-state index in [1.54, 1.807) is 18.2 Å². The number of piperidine rings is 1. The third-order valence-corrected chi connectivity index (χ3v) is 4.33. The smallest absolute Gasteiger partial charge is 0.269 e. The van der Waals surface area contributed by atoms with Crippen molar-refractivity contribution in [1.82, 2.24) is 10.2 Å². The fraction of sp³-hybridized carbons (Fsp3) is 0.562. The molecule has 0 radical (unpaired) electrons. The number of hydrogen-bond acceptors (Lipinski definition) is 4. The van der Waals surface area contributed by atoms with Gasteiger partial charge in [0, 0.05) is 37.7 Å². The number of nitrogens with one attached hydrogen (secondary N) is 1. The van der Waals surface area contributed by atoms with E-state index in [-0.39, 0.29) is 28.6 Å². The summed E-state index contributed by atoms with van der Waals surface area (Å²) in [7, 11) is 0. The molecule has 120 valence electrons. The first-order valence-electron chi connectivity index (χ1n) is 7.64. The van der Waals surface area contributed by atoms with Gasteiger partial charge in [0.2, 0.25) is 5.91 Å². The highest BCUT2D eigenvalue weighted by Gasteiger charge is 2.26. The molecule has 22 heavy (non-hydrogen) atoms. The summed E-state index contributed by atoms with van der Waals surface area (Å²) in [6.45, 7) is 7.31. The quantitative estimate of drug-likeness (QED) is 0.685. The minimum absolute atomic E-state index is 0.00830.